The molecular formula is C19H18N2OS. The van der Waals surface area contributed by atoms with Gasteiger partial charge in [-0.1, -0.05) is 61.5 Å². The lowest BCUT2D eigenvalue weighted by Gasteiger charge is -2.03. The monoisotopic (exact) mass is 322 g/mol. The van der Waals surface area contributed by atoms with Crippen molar-refractivity contribution in [2.45, 2.75) is 19.8 Å². The van der Waals surface area contributed by atoms with E-state index >= 15 is 0 Å². The molecule has 0 aliphatic heterocycles. The molecule has 2 aromatic carbocycles. The van der Waals surface area contributed by atoms with Gasteiger partial charge in [-0.25, -0.2) is 4.98 Å². The van der Waals surface area contributed by atoms with Gasteiger partial charge in [-0.05, 0) is 17.5 Å². The van der Waals surface area contributed by atoms with Gasteiger partial charge >= 0.3 is 0 Å². The van der Waals surface area contributed by atoms with E-state index in [1.807, 2.05) is 30.5 Å². The number of thiazole rings is 1. The SMILES string of the molecule is CCCC(=O)Nc1nc(-c2ccc(-c3ccccc3)cc2)cs1. The lowest BCUT2D eigenvalue weighted by Crippen LogP contribution is -2.10. The molecule has 0 aliphatic carbocycles. The summed E-state index contributed by atoms with van der Waals surface area (Å²) in [6, 6.07) is 18.6. The minimum Gasteiger partial charge on any atom is -0.302 e. The Kier molecular flexibility index (Phi) is 4.83. The van der Waals surface area contributed by atoms with Crippen molar-refractivity contribution in [3.8, 4) is 22.4 Å². The fraction of sp³-hybridized carbons (Fsp3) is 0.158. The molecular weight excluding hydrogens is 304 g/mol. The van der Waals surface area contributed by atoms with E-state index in [0.29, 0.717) is 11.6 Å². The molecule has 1 heterocycles. The highest BCUT2D eigenvalue weighted by atomic mass is 32.1. The summed E-state index contributed by atoms with van der Waals surface area (Å²) in [5.74, 6) is 0.0211. The number of hydrogen-bond donors (Lipinski definition) is 1. The highest BCUT2D eigenvalue weighted by molar-refractivity contribution is 7.14. The van der Waals surface area contributed by atoms with Crippen LogP contribution in [-0.2, 0) is 4.79 Å². The van der Waals surface area contributed by atoms with Gasteiger partial charge in [0.1, 0.15) is 0 Å². The molecule has 0 bridgehead atoms. The molecule has 3 nitrogen and oxygen atoms in total. The van der Waals surface area contributed by atoms with Gasteiger partial charge in [0, 0.05) is 17.4 Å². The van der Waals surface area contributed by atoms with Gasteiger partial charge in [0.05, 0.1) is 5.69 Å². The lowest BCUT2D eigenvalue weighted by atomic mass is 10.0. The maximum absolute atomic E-state index is 11.6. The molecule has 3 aromatic rings. The van der Waals surface area contributed by atoms with Crippen LogP contribution in [-0.4, -0.2) is 10.9 Å². The van der Waals surface area contributed by atoms with Crippen molar-refractivity contribution in [2.24, 2.45) is 0 Å². The summed E-state index contributed by atoms with van der Waals surface area (Å²) < 4.78 is 0. The van der Waals surface area contributed by atoms with Crippen LogP contribution in [0.4, 0.5) is 5.13 Å². The fourth-order valence-corrected chi connectivity index (χ4v) is 3.07. The molecule has 0 saturated heterocycles. The molecule has 0 aliphatic rings. The average Bonchev–Trinajstić information content (AvgIpc) is 3.04. The molecule has 23 heavy (non-hydrogen) atoms. The number of nitrogens with zero attached hydrogens (tertiary/aromatic N) is 1. The Morgan fingerprint density at radius 3 is 2.35 bits per heavy atom. The molecule has 4 heteroatoms. The second kappa shape index (κ2) is 7.20. The number of carbonyl (C=O) groups excluding carboxylic acids is 1. The minimum absolute atomic E-state index is 0.0211. The summed E-state index contributed by atoms with van der Waals surface area (Å²) in [5.41, 5.74) is 4.32. The Bertz CT molecular complexity index is 779. The van der Waals surface area contributed by atoms with Crippen molar-refractivity contribution in [3.63, 3.8) is 0 Å². The Labute approximate surface area is 140 Å². The average molecular weight is 322 g/mol. The molecule has 3 rings (SSSR count). The molecule has 0 fully saturated rings. The van der Waals surface area contributed by atoms with Crippen molar-refractivity contribution >= 4 is 22.4 Å². The fourth-order valence-electron chi connectivity index (χ4n) is 2.34. The second-order valence-electron chi connectivity index (χ2n) is 5.28. The molecule has 0 spiro atoms. The first kappa shape index (κ1) is 15.4. The van der Waals surface area contributed by atoms with Crippen LogP contribution in [0, 0.1) is 0 Å². The molecule has 1 N–H and O–H groups in total. The summed E-state index contributed by atoms with van der Waals surface area (Å²) in [6.45, 7) is 1.99. The first-order chi connectivity index (χ1) is 11.3. The van der Waals surface area contributed by atoms with E-state index in [9.17, 15) is 4.79 Å². The zero-order valence-corrected chi connectivity index (χ0v) is 13.8. The first-order valence-electron chi connectivity index (χ1n) is 7.67. The third kappa shape index (κ3) is 3.85. The van der Waals surface area contributed by atoms with Crippen LogP contribution in [0.25, 0.3) is 22.4 Å². The first-order valence-corrected chi connectivity index (χ1v) is 8.55. The quantitative estimate of drug-likeness (QED) is 0.700. The van der Waals surface area contributed by atoms with E-state index in [0.717, 1.165) is 17.7 Å². The third-order valence-corrected chi connectivity index (χ3v) is 4.27. The Hall–Kier alpha value is -2.46. The van der Waals surface area contributed by atoms with Crippen molar-refractivity contribution in [1.82, 2.24) is 4.98 Å². The van der Waals surface area contributed by atoms with Gasteiger partial charge in [-0.15, -0.1) is 11.3 Å². The summed E-state index contributed by atoms with van der Waals surface area (Å²) in [7, 11) is 0. The van der Waals surface area contributed by atoms with E-state index in [4.69, 9.17) is 0 Å². The highest BCUT2D eigenvalue weighted by Crippen LogP contribution is 2.27. The van der Waals surface area contributed by atoms with Crippen LogP contribution < -0.4 is 5.32 Å². The van der Waals surface area contributed by atoms with Gasteiger partial charge in [0.2, 0.25) is 5.91 Å². The maximum atomic E-state index is 11.6. The van der Waals surface area contributed by atoms with Crippen molar-refractivity contribution in [1.29, 1.82) is 0 Å². The van der Waals surface area contributed by atoms with Gasteiger partial charge in [-0.3, -0.25) is 4.79 Å². The van der Waals surface area contributed by atoms with Crippen LogP contribution in [0.5, 0.6) is 0 Å². The predicted octanol–water partition coefficient (Wildman–Crippen LogP) is 5.22. The van der Waals surface area contributed by atoms with E-state index in [1.54, 1.807) is 0 Å². The molecule has 0 radical (unpaired) electrons. The number of carbonyl (C=O) groups is 1. The van der Waals surface area contributed by atoms with Crippen LogP contribution in [0.2, 0.25) is 0 Å². The number of nitrogens with one attached hydrogen (secondary N) is 1. The van der Waals surface area contributed by atoms with Gasteiger partial charge in [-0.2, -0.15) is 0 Å². The standard InChI is InChI=1S/C19H18N2OS/c1-2-6-18(22)21-19-20-17(13-23-19)16-11-9-15(10-12-16)14-7-4-3-5-8-14/h3-5,7-13H,2,6H2,1H3,(H,20,21,22). The number of rotatable bonds is 5. The number of hydrogen-bond acceptors (Lipinski definition) is 3. The Morgan fingerprint density at radius 1 is 1.00 bits per heavy atom. The Morgan fingerprint density at radius 2 is 1.65 bits per heavy atom. The van der Waals surface area contributed by atoms with Crippen LogP contribution in [0.3, 0.4) is 0 Å². The number of benzene rings is 2. The van der Waals surface area contributed by atoms with Crippen LogP contribution in [0.1, 0.15) is 19.8 Å². The zero-order chi connectivity index (χ0) is 16.1. The second-order valence-corrected chi connectivity index (χ2v) is 6.14. The molecule has 0 unspecified atom stereocenters. The summed E-state index contributed by atoms with van der Waals surface area (Å²) in [5, 5.41) is 5.47. The van der Waals surface area contributed by atoms with E-state index in [1.165, 1.54) is 22.5 Å². The van der Waals surface area contributed by atoms with Gasteiger partial charge in [0.15, 0.2) is 5.13 Å². The topological polar surface area (TPSA) is 42.0 Å². The minimum atomic E-state index is 0.0211. The molecule has 1 aromatic heterocycles. The van der Waals surface area contributed by atoms with Crippen LogP contribution >= 0.6 is 11.3 Å². The van der Waals surface area contributed by atoms with E-state index in [-0.39, 0.29) is 5.91 Å². The number of aromatic nitrogens is 1. The largest absolute Gasteiger partial charge is 0.302 e. The maximum Gasteiger partial charge on any atom is 0.226 e. The van der Waals surface area contributed by atoms with Crippen LogP contribution in [0.15, 0.2) is 60.0 Å². The molecule has 0 saturated carbocycles. The van der Waals surface area contributed by atoms with E-state index < -0.39 is 0 Å². The summed E-state index contributed by atoms with van der Waals surface area (Å²) >= 11 is 1.46. The highest BCUT2D eigenvalue weighted by Gasteiger charge is 2.07. The number of anilines is 1. The lowest BCUT2D eigenvalue weighted by molar-refractivity contribution is -0.116. The molecule has 1 amide bonds. The summed E-state index contributed by atoms with van der Waals surface area (Å²) in [6.07, 6.45) is 1.37. The molecule has 0 atom stereocenters. The van der Waals surface area contributed by atoms with E-state index in [2.05, 4.69) is 46.7 Å². The van der Waals surface area contributed by atoms with Crippen molar-refractivity contribution in [3.05, 3.63) is 60.0 Å². The number of amides is 1. The smallest absolute Gasteiger partial charge is 0.226 e. The Balaban J connectivity index is 1.75. The normalized spacial score (nSPS) is 10.5. The zero-order valence-electron chi connectivity index (χ0n) is 13.0. The summed E-state index contributed by atoms with van der Waals surface area (Å²) in [4.78, 5) is 16.1. The van der Waals surface area contributed by atoms with Crippen molar-refractivity contribution in [2.75, 3.05) is 5.32 Å². The van der Waals surface area contributed by atoms with Gasteiger partial charge in [0.25, 0.3) is 0 Å². The predicted molar refractivity (Wildman–Crippen MR) is 96.5 cm³/mol. The van der Waals surface area contributed by atoms with Gasteiger partial charge < -0.3 is 5.32 Å². The molecule has 116 valence electrons. The third-order valence-electron chi connectivity index (χ3n) is 3.52. The van der Waals surface area contributed by atoms with Crippen molar-refractivity contribution < 1.29 is 4.79 Å².